The Balaban J connectivity index is 2.92. The molecule has 1 nitrogen and oxygen atoms in total. The summed E-state index contributed by atoms with van der Waals surface area (Å²) in [5, 5.41) is 3.96. The van der Waals surface area contributed by atoms with Gasteiger partial charge in [0.1, 0.15) is 0 Å². The highest BCUT2D eigenvalue weighted by Crippen LogP contribution is 2.24. The van der Waals surface area contributed by atoms with Crippen LogP contribution in [0.25, 0.3) is 0 Å². The lowest BCUT2D eigenvalue weighted by Gasteiger charge is -2.08. The summed E-state index contributed by atoms with van der Waals surface area (Å²) in [6, 6.07) is 4.05. The molecule has 0 atom stereocenters. The van der Waals surface area contributed by atoms with E-state index in [1.54, 1.807) is 0 Å². The van der Waals surface area contributed by atoms with Crippen LogP contribution < -0.4 is 5.32 Å². The minimum absolute atomic E-state index is 0.834. The highest BCUT2D eigenvalue weighted by molar-refractivity contribution is 9.10. The van der Waals surface area contributed by atoms with Crippen LogP contribution >= 0.6 is 27.5 Å². The maximum absolute atomic E-state index is 6.05. The molecule has 0 aliphatic rings. The summed E-state index contributed by atoms with van der Waals surface area (Å²) in [6.45, 7) is 3.04. The number of rotatable bonds is 3. The molecule has 0 aliphatic heterocycles. The van der Waals surface area contributed by atoms with Gasteiger partial charge in [0.05, 0.1) is 0 Å². The summed E-state index contributed by atoms with van der Waals surface area (Å²) in [7, 11) is 1.95. The average molecular weight is 263 g/mol. The highest BCUT2D eigenvalue weighted by atomic mass is 79.9. The average Bonchev–Trinajstić information content (AvgIpc) is 2.09. The Morgan fingerprint density at radius 3 is 2.77 bits per heavy atom. The van der Waals surface area contributed by atoms with Gasteiger partial charge in [-0.05, 0) is 50.2 Å². The van der Waals surface area contributed by atoms with Gasteiger partial charge in [0, 0.05) is 9.50 Å². The third kappa shape index (κ3) is 2.97. The standard InChI is InChI=1S/C10H13BrClN/c1-7-8(3-4-13-2)5-9(11)6-10(7)12/h5-6,13H,3-4H2,1-2H3. The molecule has 0 unspecified atom stereocenters. The quantitative estimate of drug-likeness (QED) is 0.882. The summed E-state index contributed by atoms with van der Waals surface area (Å²) in [4.78, 5) is 0. The zero-order chi connectivity index (χ0) is 9.84. The van der Waals surface area contributed by atoms with Gasteiger partial charge < -0.3 is 5.32 Å². The molecule has 3 heteroatoms. The van der Waals surface area contributed by atoms with Crippen LogP contribution in [0.3, 0.4) is 0 Å². The zero-order valence-corrected chi connectivity index (χ0v) is 10.2. The Morgan fingerprint density at radius 2 is 2.15 bits per heavy atom. The zero-order valence-electron chi connectivity index (χ0n) is 7.82. The third-order valence-electron chi connectivity index (χ3n) is 2.06. The fourth-order valence-electron chi connectivity index (χ4n) is 1.22. The van der Waals surface area contributed by atoms with Crippen LogP contribution in [0.15, 0.2) is 16.6 Å². The van der Waals surface area contributed by atoms with E-state index in [-0.39, 0.29) is 0 Å². The number of halogens is 2. The van der Waals surface area contributed by atoms with Crippen molar-refractivity contribution < 1.29 is 0 Å². The van der Waals surface area contributed by atoms with E-state index in [1.807, 2.05) is 13.1 Å². The van der Waals surface area contributed by atoms with Crippen LogP contribution in [-0.4, -0.2) is 13.6 Å². The molecule has 0 fully saturated rings. The van der Waals surface area contributed by atoms with Crippen molar-refractivity contribution in [2.45, 2.75) is 13.3 Å². The summed E-state index contributed by atoms with van der Waals surface area (Å²) >= 11 is 9.48. The molecule has 13 heavy (non-hydrogen) atoms. The van der Waals surface area contributed by atoms with Gasteiger partial charge in [-0.15, -0.1) is 0 Å². The van der Waals surface area contributed by atoms with Gasteiger partial charge in [-0.25, -0.2) is 0 Å². The first kappa shape index (κ1) is 11.0. The molecule has 0 aromatic heterocycles. The molecule has 1 N–H and O–H groups in total. The lowest BCUT2D eigenvalue weighted by molar-refractivity contribution is 0.788. The van der Waals surface area contributed by atoms with Gasteiger partial charge in [0.25, 0.3) is 0 Å². The first-order chi connectivity index (χ1) is 6.15. The predicted molar refractivity (Wildman–Crippen MR) is 61.5 cm³/mol. The second-order valence-electron chi connectivity index (χ2n) is 3.03. The van der Waals surface area contributed by atoms with E-state index in [1.165, 1.54) is 11.1 Å². The Labute approximate surface area is 92.6 Å². The van der Waals surface area contributed by atoms with Crippen molar-refractivity contribution in [3.63, 3.8) is 0 Å². The molecule has 1 aromatic rings. The molecular weight excluding hydrogens is 249 g/mol. The van der Waals surface area contributed by atoms with Crippen molar-refractivity contribution in [2.75, 3.05) is 13.6 Å². The van der Waals surface area contributed by atoms with E-state index in [2.05, 4.69) is 34.2 Å². The Bertz CT molecular complexity index is 299. The van der Waals surface area contributed by atoms with E-state index in [0.717, 1.165) is 22.5 Å². The fraction of sp³-hybridized carbons (Fsp3) is 0.400. The molecule has 0 heterocycles. The number of nitrogens with one attached hydrogen (secondary N) is 1. The van der Waals surface area contributed by atoms with E-state index in [0.29, 0.717) is 0 Å². The molecule has 1 rings (SSSR count). The Hall–Kier alpha value is -0.0500. The SMILES string of the molecule is CNCCc1cc(Br)cc(Cl)c1C. The van der Waals surface area contributed by atoms with Crippen molar-refractivity contribution in [3.8, 4) is 0 Å². The van der Waals surface area contributed by atoms with Gasteiger partial charge >= 0.3 is 0 Å². The summed E-state index contributed by atoms with van der Waals surface area (Å²) in [6.07, 6.45) is 1.02. The van der Waals surface area contributed by atoms with Crippen molar-refractivity contribution >= 4 is 27.5 Å². The van der Waals surface area contributed by atoms with Crippen molar-refractivity contribution in [1.82, 2.24) is 5.32 Å². The van der Waals surface area contributed by atoms with Crippen molar-refractivity contribution in [3.05, 3.63) is 32.8 Å². The summed E-state index contributed by atoms with van der Waals surface area (Å²) < 4.78 is 1.05. The van der Waals surface area contributed by atoms with E-state index in [9.17, 15) is 0 Å². The van der Waals surface area contributed by atoms with E-state index >= 15 is 0 Å². The van der Waals surface area contributed by atoms with Gasteiger partial charge in [0.15, 0.2) is 0 Å². The van der Waals surface area contributed by atoms with Crippen LogP contribution in [0.1, 0.15) is 11.1 Å². The van der Waals surface area contributed by atoms with Crippen molar-refractivity contribution in [2.24, 2.45) is 0 Å². The number of hydrogen-bond acceptors (Lipinski definition) is 1. The van der Waals surface area contributed by atoms with E-state index < -0.39 is 0 Å². The summed E-state index contributed by atoms with van der Waals surface area (Å²) in [5.41, 5.74) is 2.48. The smallest absolute Gasteiger partial charge is 0.0449 e. The highest BCUT2D eigenvalue weighted by Gasteiger charge is 2.03. The minimum atomic E-state index is 0.834. The molecule has 1 aromatic carbocycles. The molecular formula is C10H13BrClN. The molecule has 72 valence electrons. The molecule has 0 amide bonds. The second kappa shape index (κ2) is 4.99. The number of benzene rings is 1. The maximum atomic E-state index is 6.05. The lowest BCUT2D eigenvalue weighted by atomic mass is 10.1. The summed E-state index contributed by atoms with van der Waals surface area (Å²) in [5.74, 6) is 0. The van der Waals surface area contributed by atoms with Crippen LogP contribution in [0.5, 0.6) is 0 Å². The Morgan fingerprint density at radius 1 is 1.46 bits per heavy atom. The topological polar surface area (TPSA) is 12.0 Å². The third-order valence-corrected chi connectivity index (χ3v) is 2.91. The van der Waals surface area contributed by atoms with E-state index in [4.69, 9.17) is 11.6 Å². The van der Waals surface area contributed by atoms with Crippen LogP contribution in [0, 0.1) is 6.92 Å². The van der Waals surface area contributed by atoms with Gasteiger partial charge in [-0.2, -0.15) is 0 Å². The monoisotopic (exact) mass is 261 g/mol. The maximum Gasteiger partial charge on any atom is 0.0449 e. The first-order valence-electron chi connectivity index (χ1n) is 4.24. The minimum Gasteiger partial charge on any atom is -0.319 e. The normalized spacial score (nSPS) is 10.5. The largest absolute Gasteiger partial charge is 0.319 e. The number of hydrogen-bond donors (Lipinski definition) is 1. The number of likely N-dealkylation sites (N-methyl/N-ethyl adjacent to an activating group) is 1. The lowest BCUT2D eigenvalue weighted by Crippen LogP contribution is -2.11. The van der Waals surface area contributed by atoms with Gasteiger partial charge in [-0.1, -0.05) is 27.5 Å². The molecule has 0 bridgehead atoms. The first-order valence-corrected chi connectivity index (χ1v) is 5.41. The predicted octanol–water partition coefficient (Wildman–Crippen LogP) is 3.17. The Kier molecular flexibility index (Phi) is 4.23. The van der Waals surface area contributed by atoms with Crippen LogP contribution in [0.2, 0.25) is 5.02 Å². The van der Waals surface area contributed by atoms with Gasteiger partial charge in [0.2, 0.25) is 0 Å². The molecule has 0 spiro atoms. The molecule has 0 aliphatic carbocycles. The van der Waals surface area contributed by atoms with Crippen LogP contribution in [-0.2, 0) is 6.42 Å². The molecule has 0 saturated heterocycles. The molecule has 0 saturated carbocycles. The second-order valence-corrected chi connectivity index (χ2v) is 4.35. The van der Waals surface area contributed by atoms with Gasteiger partial charge in [-0.3, -0.25) is 0 Å². The van der Waals surface area contributed by atoms with Crippen molar-refractivity contribution in [1.29, 1.82) is 0 Å². The van der Waals surface area contributed by atoms with Crippen LogP contribution in [0.4, 0.5) is 0 Å². The fourth-order valence-corrected chi connectivity index (χ4v) is 2.09. The molecule has 0 radical (unpaired) electrons.